The zero-order chi connectivity index (χ0) is 13.6. The van der Waals surface area contributed by atoms with E-state index < -0.39 is 0 Å². The Kier molecular flexibility index (Phi) is 2.66. The lowest BCUT2D eigenvalue weighted by molar-refractivity contribution is 0.554. The van der Waals surface area contributed by atoms with Gasteiger partial charge in [0.15, 0.2) is 0 Å². The molecule has 3 heteroatoms. The van der Waals surface area contributed by atoms with Crippen molar-refractivity contribution in [2.24, 2.45) is 7.05 Å². The van der Waals surface area contributed by atoms with Crippen LogP contribution in [0.25, 0.3) is 11.1 Å². The number of anilines is 1. The molecule has 0 amide bonds. The number of nitrogens with zero attached hydrogens (tertiary/aromatic N) is 2. The highest BCUT2D eigenvalue weighted by Gasteiger charge is 2.23. The zero-order valence-corrected chi connectivity index (χ0v) is 12.1. The molecule has 0 radical (unpaired) electrons. The van der Waals surface area contributed by atoms with Gasteiger partial charge in [0.2, 0.25) is 0 Å². The molecule has 1 N–H and O–H groups in total. The van der Waals surface area contributed by atoms with Crippen LogP contribution < -0.4 is 5.32 Å². The van der Waals surface area contributed by atoms with Crippen molar-refractivity contribution < 1.29 is 0 Å². The Balaban J connectivity index is 2.12. The second-order valence-electron chi connectivity index (χ2n) is 6.36. The van der Waals surface area contributed by atoms with Gasteiger partial charge in [0.25, 0.3) is 0 Å². The lowest BCUT2D eigenvalue weighted by atomic mass is 9.87. The topological polar surface area (TPSA) is 29.9 Å². The summed E-state index contributed by atoms with van der Waals surface area (Å²) in [6.07, 6.45) is 3.25. The molecule has 1 aliphatic rings. The van der Waals surface area contributed by atoms with E-state index in [1.807, 2.05) is 11.7 Å². The lowest BCUT2D eigenvalue weighted by Gasteiger charge is -2.17. The van der Waals surface area contributed by atoms with Crippen molar-refractivity contribution in [1.82, 2.24) is 9.78 Å². The first-order valence-corrected chi connectivity index (χ1v) is 6.86. The van der Waals surface area contributed by atoms with Crippen molar-refractivity contribution in [2.75, 3.05) is 11.9 Å². The summed E-state index contributed by atoms with van der Waals surface area (Å²) in [6.45, 7) is 7.70. The molecule has 1 aromatic carbocycles. The van der Waals surface area contributed by atoms with Crippen molar-refractivity contribution in [1.29, 1.82) is 0 Å². The number of benzene rings is 1. The normalized spacial score (nSPS) is 14.3. The molecule has 19 heavy (non-hydrogen) atoms. The molecule has 2 aromatic rings. The highest BCUT2D eigenvalue weighted by Crippen LogP contribution is 2.34. The van der Waals surface area contributed by atoms with Gasteiger partial charge in [-0.1, -0.05) is 26.8 Å². The number of aryl methyl sites for hydroxylation is 1. The van der Waals surface area contributed by atoms with Gasteiger partial charge < -0.3 is 5.32 Å². The van der Waals surface area contributed by atoms with Crippen LogP contribution >= 0.6 is 0 Å². The molecule has 0 bridgehead atoms. The molecule has 1 aromatic heterocycles. The molecule has 0 saturated carbocycles. The molecule has 0 atom stereocenters. The number of nitrogens with one attached hydrogen (secondary N) is 1. The largest absolute Gasteiger partial charge is 0.384 e. The second-order valence-corrected chi connectivity index (χ2v) is 6.36. The van der Waals surface area contributed by atoms with Crippen molar-refractivity contribution >= 4 is 5.69 Å². The van der Waals surface area contributed by atoms with E-state index in [4.69, 9.17) is 0 Å². The van der Waals surface area contributed by atoms with Gasteiger partial charge in [0.1, 0.15) is 0 Å². The van der Waals surface area contributed by atoms with E-state index in [9.17, 15) is 0 Å². The molecule has 0 aliphatic carbocycles. The molecule has 0 unspecified atom stereocenters. The Bertz CT molecular complexity index is 617. The Morgan fingerprint density at radius 1 is 1.26 bits per heavy atom. The maximum absolute atomic E-state index is 4.65. The molecule has 1 aliphatic heterocycles. The van der Waals surface area contributed by atoms with E-state index in [1.54, 1.807) is 0 Å². The Labute approximate surface area is 114 Å². The van der Waals surface area contributed by atoms with Crippen LogP contribution in [0.3, 0.4) is 0 Å². The van der Waals surface area contributed by atoms with E-state index in [1.165, 1.54) is 28.1 Å². The van der Waals surface area contributed by atoms with Crippen LogP contribution in [0.15, 0.2) is 24.4 Å². The highest BCUT2D eigenvalue weighted by atomic mass is 15.3. The fraction of sp³-hybridized carbons (Fsp3) is 0.438. The first kappa shape index (κ1) is 12.3. The SMILES string of the molecule is Cn1cc(-c2ccc3c(c2)CCN3)c(C(C)(C)C)n1. The summed E-state index contributed by atoms with van der Waals surface area (Å²) in [5.41, 5.74) is 6.46. The smallest absolute Gasteiger partial charge is 0.0756 e. The monoisotopic (exact) mass is 255 g/mol. The molecule has 0 fully saturated rings. The third kappa shape index (κ3) is 2.14. The molecule has 0 spiro atoms. The standard InChI is InChI=1S/C16H21N3/c1-16(2,3)15-13(10-19(4)18-15)11-5-6-14-12(9-11)7-8-17-14/h5-6,9-10,17H,7-8H2,1-4H3. The van der Waals surface area contributed by atoms with Crippen LogP contribution in [0.5, 0.6) is 0 Å². The van der Waals surface area contributed by atoms with Gasteiger partial charge in [0, 0.05) is 36.5 Å². The number of aromatic nitrogens is 2. The minimum absolute atomic E-state index is 0.0634. The van der Waals surface area contributed by atoms with Crippen molar-refractivity contribution in [2.45, 2.75) is 32.6 Å². The van der Waals surface area contributed by atoms with Crippen LogP contribution in [0.4, 0.5) is 5.69 Å². The van der Waals surface area contributed by atoms with Gasteiger partial charge in [0.05, 0.1) is 5.69 Å². The minimum atomic E-state index is 0.0634. The van der Waals surface area contributed by atoms with Gasteiger partial charge in [-0.05, 0) is 29.7 Å². The van der Waals surface area contributed by atoms with E-state index >= 15 is 0 Å². The fourth-order valence-electron chi connectivity index (χ4n) is 2.73. The van der Waals surface area contributed by atoms with Gasteiger partial charge in [-0.25, -0.2) is 0 Å². The average molecular weight is 255 g/mol. The van der Waals surface area contributed by atoms with Crippen LogP contribution in [0, 0.1) is 0 Å². The summed E-state index contributed by atoms with van der Waals surface area (Å²) in [7, 11) is 1.99. The molecule has 3 rings (SSSR count). The molecule has 100 valence electrons. The number of hydrogen-bond donors (Lipinski definition) is 1. The fourth-order valence-corrected chi connectivity index (χ4v) is 2.73. The predicted octanol–water partition coefficient (Wildman–Crippen LogP) is 3.35. The minimum Gasteiger partial charge on any atom is -0.384 e. The van der Waals surface area contributed by atoms with Crippen LogP contribution in [0.2, 0.25) is 0 Å². The molecular weight excluding hydrogens is 234 g/mol. The molecule has 3 nitrogen and oxygen atoms in total. The lowest BCUT2D eigenvalue weighted by Crippen LogP contribution is -2.13. The van der Waals surface area contributed by atoms with Gasteiger partial charge >= 0.3 is 0 Å². The summed E-state index contributed by atoms with van der Waals surface area (Å²) in [4.78, 5) is 0. The first-order valence-electron chi connectivity index (χ1n) is 6.86. The second kappa shape index (κ2) is 4.12. The van der Waals surface area contributed by atoms with E-state index in [2.05, 4.69) is 55.6 Å². The number of hydrogen-bond acceptors (Lipinski definition) is 2. The number of fused-ring (bicyclic) bond motifs is 1. The van der Waals surface area contributed by atoms with Crippen molar-refractivity contribution in [3.8, 4) is 11.1 Å². The van der Waals surface area contributed by atoms with Crippen LogP contribution in [-0.4, -0.2) is 16.3 Å². The Morgan fingerprint density at radius 2 is 2.05 bits per heavy atom. The van der Waals surface area contributed by atoms with Crippen LogP contribution in [-0.2, 0) is 18.9 Å². The summed E-state index contributed by atoms with van der Waals surface area (Å²) >= 11 is 0. The maximum atomic E-state index is 4.65. The molecular formula is C16H21N3. The number of rotatable bonds is 1. The van der Waals surface area contributed by atoms with Crippen LogP contribution in [0.1, 0.15) is 32.0 Å². The maximum Gasteiger partial charge on any atom is 0.0756 e. The Hall–Kier alpha value is -1.77. The van der Waals surface area contributed by atoms with E-state index in [-0.39, 0.29) is 5.41 Å². The first-order chi connectivity index (χ1) is 8.95. The van der Waals surface area contributed by atoms with Gasteiger partial charge in [-0.15, -0.1) is 0 Å². The van der Waals surface area contributed by atoms with E-state index in [0.29, 0.717) is 0 Å². The predicted molar refractivity (Wildman–Crippen MR) is 79.5 cm³/mol. The third-order valence-electron chi connectivity index (χ3n) is 3.67. The van der Waals surface area contributed by atoms with Gasteiger partial charge in [-0.3, -0.25) is 4.68 Å². The summed E-state index contributed by atoms with van der Waals surface area (Å²) in [6, 6.07) is 6.70. The Morgan fingerprint density at radius 3 is 2.79 bits per heavy atom. The van der Waals surface area contributed by atoms with Crippen molar-refractivity contribution in [3.63, 3.8) is 0 Å². The average Bonchev–Trinajstić information content (AvgIpc) is 2.92. The summed E-state index contributed by atoms with van der Waals surface area (Å²) in [5, 5.41) is 8.06. The van der Waals surface area contributed by atoms with Gasteiger partial charge in [-0.2, -0.15) is 5.10 Å². The van der Waals surface area contributed by atoms with E-state index in [0.717, 1.165) is 13.0 Å². The molecule has 2 heterocycles. The summed E-state index contributed by atoms with van der Waals surface area (Å²) in [5.74, 6) is 0. The van der Waals surface area contributed by atoms with Crippen molar-refractivity contribution in [3.05, 3.63) is 35.7 Å². The zero-order valence-electron chi connectivity index (χ0n) is 12.1. The highest BCUT2D eigenvalue weighted by molar-refractivity contribution is 5.71. The summed E-state index contributed by atoms with van der Waals surface area (Å²) < 4.78 is 1.92. The third-order valence-corrected chi connectivity index (χ3v) is 3.67. The quantitative estimate of drug-likeness (QED) is 0.847. The molecule has 0 saturated heterocycles.